The van der Waals surface area contributed by atoms with Crippen molar-refractivity contribution in [3.05, 3.63) is 17.5 Å². The normalized spacial score (nSPS) is 12.4. The van der Waals surface area contributed by atoms with E-state index in [-0.39, 0.29) is 6.03 Å². The van der Waals surface area contributed by atoms with Crippen LogP contribution in [-0.4, -0.2) is 15.8 Å². The van der Waals surface area contributed by atoms with Gasteiger partial charge in [0.05, 0.1) is 5.69 Å². The van der Waals surface area contributed by atoms with Gasteiger partial charge in [-0.3, -0.25) is 4.68 Å². The van der Waals surface area contributed by atoms with Crippen LogP contribution in [0.3, 0.4) is 0 Å². The Balaban J connectivity index is 0.000000175. The molecule has 2 N–H and O–H groups in total. The summed E-state index contributed by atoms with van der Waals surface area (Å²) < 4.78 is 1.95. The lowest BCUT2D eigenvalue weighted by Crippen LogP contribution is -1.93. The summed E-state index contributed by atoms with van der Waals surface area (Å²) in [5.74, 6) is 0. The summed E-state index contributed by atoms with van der Waals surface area (Å²) in [5.41, 5.74) is 6.83. The second-order valence-corrected chi connectivity index (χ2v) is 2.83. The molecule has 1 saturated heterocycles. The molecule has 13 heavy (non-hydrogen) atoms. The summed E-state index contributed by atoms with van der Waals surface area (Å²) in [6.45, 7) is 7.16. The standard InChI is InChI=1S/C7H12N2.CH2N2O/c1-4-9-5-6(2)7(3)8-9;4-1-2-3-1/h5H,4H2,1-3H3;(H2,2,3,4). The molecular weight excluding hydrogens is 168 g/mol. The summed E-state index contributed by atoms with van der Waals surface area (Å²) in [7, 11) is 0. The van der Waals surface area contributed by atoms with E-state index in [1.165, 1.54) is 5.56 Å². The highest BCUT2D eigenvalue weighted by atomic mass is 16.2. The van der Waals surface area contributed by atoms with Gasteiger partial charge in [0.2, 0.25) is 0 Å². The van der Waals surface area contributed by atoms with Crippen molar-refractivity contribution >= 4 is 6.03 Å². The third kappa shape index (κ3) is 3.14. The van der Waals surface area contributed by atoms with Crippen molar-refractivity contribution in [1.29, 1.82) is 0 Å². The van der Waals surface area contributed by atoms with Crippen LogP contribution in [0.1, 0.15) is 18.2 Å². The molecule has 1 fully saturated rings. The van der Waals surface area contributed by atoms with Crippen molar-refractivity contribution in [2.24, 2.45) is 0 Å². The molecule has 5 heteroatoms. The van der Waals surface area contributed by atoms with Crippen LogP contribution in [0.25, 0.3) is 0 Å². The molecule has 2 amide bonds. The van der Waals surface area contributed by atoms with Crippen molar-refractivity contribution in [2.75, 3.05) is 0 Å². The summed E-state index contributed by atoms with van der Waals surface area (Å²) in [6, 6.07) is -0.0833. The molecular formula is C8H14N4O. The van der Waals surface area contributed by atoms with Crippen LogP contribution in [0.2, 0.25) is 0 Å². The Morgan fingerprint density at radius 2 is 2.00 bits per heavy atom. The molecule has 72 valence electrons. The maximum atomic E-state index is 9.33. The predicted molar refractivity (Wildman–Crippen MR) is 49.0 cm³/mol. The molecule has 1 aromatic rings. The number of nitrogens with zero attached hydrogens (tertiary/aromatic N) is 2. The number of amides is 2. The fraction of sp³-hybridized carbons (Fsp3) is 0.500. The van der Waals surface area contributed by atoms with E-state index in [1.807, 2.05) is 11.6 Å². The van der Waals surface area contributed by atoms with Crippen molar-refractivity contribution < 1.29 is 4.79 Å². The summed E-state index contributed by atoms with van der Waals surface area (Å²) >= 11 is 0. The van der Waals surface area contributed by atoms with Crippen LogP contribution < -0.4 is 10.9 Å². The monoisotopic (exact) mass is 182 g/mol. The lowest BCUT2D eigenvalue weighted by atomic mass is 10.3. The summed E-state index contributed by atoms with van der Waals surface area (Å²) in [5, 5.41) is 4.25. The predicted octanol–water partition coefficient (Wildman–Crippen LogP) is 0.734. The van der Waals surface area contributed by atoms with Gasteiger partial charge in [-0.2, -0.15) is 5.10 Å². The maximum absolute atomic E-state index is 9.33. The smallest absolute Gasteiger partial charge is 0.273 e. The topological polar surface area (TPSA) is 78.8 Å². The van der Waals surface area contributed by atoms with E-state index in [0.29, 0.717) is 0 Å². The van der Waals surface area contributed by atoms with Crippen molar-refractivity contribution in [1.82, 2.24) is 20.6 Å². The molecule has 0 unspecified atom stereocenters. The van der Waals surface area contributed by atoms with Crippen LogP contribution in [0.15, 0.2) is 6.20 Å². The molecule has 0 radical (unpaired) electrons. The van der Waals surface area contributed by atoms with Crippen molar-refractivity contribution in [3.8, 4) is 0 Å². The highest BCUT2D eigenvalue weighted by Gasteiger charge is 2.08. The average molecular weight is 182 g/mol. The summed E-state index contributed by atoms with van der Waals surface area (Å²) in [6.07, 6.45) is 2.06. The van der Waals surface area contributed by atoms with Crippen LogP contribution in [0.5, 0.6) is 0 Å². The third-order valence-electron chi connectivity index (χ3n) is 1.74. The number of carbonyl (C=O) groups is 1. The van der Waals surface area contributed by atoms with Gasteiger partial charge in [0.25, 0.3) is 0 Å². The first-order chi connectivity index (χ1) is 6.13. The molecule has 2 heterocycles. The van der Waals surface area contributed by atoms with Gasteiger partial charge in [-0.15, -0.1) is 0 Å². The molecule has 0 saturated carbocycles. The van der Waals surface area contributed by atoms with Crippen molar-refractivity contribution in [2.45, 2.75) is 27.3 Å². The molecule has 0 aliphatic carbocycles. The number of aromatic nitrogens is 2. The first-order valence-electron chi connectivity index (χ1n) is 4.20. The Kier molecular flexibility index (Phi) is 2.89. The highest BCUT2D eigenvalue weighted by Crippen LogP contribution is 2.01. The average Bonchev–Trinajstić information content (AvgIpc) is 2.80. The number of urea groups is 1. The molecule has 0 atom stereocenters. The first-order valence-corrected chi connectivity index (χ1v) is 4.20. The van der Waals surface area contributed by atoms with Gasteiger partial charge in [0, 0.05) is 12.7 Å². The number of carbonyl (C=O) groups excluding carboxylic acids is 1. The SMILES string of the molecule is CCn1cc(C)c(C)n1.O=C1NN1. The largest absolute Gasteiger partial charge is 0.352 e. The minimum absolute atomic E-state index is 0.0833. The molecule has 0 bridgehead atoms. The second-order valence-electron chi connectivity index (χ2n) is 2.83. The number of hydrazine groups is 1. The maximum Gasteiger partial charge on any atom is 0.352 e. The zero-order valence-electron chi connectivity index (χ0n) is 8.09. The minimum Gasteiger partial charge on any atom is -0.273 e. The van der Waals surface area contributed by atoms with Gasteiger partial charge in [-0.25, -0.2) is 15.6 Å². The lowest BCUT2D eigenvalue weighted by molar-refractivity contribution is 0.266. The van der Waals surface area contributed by atoms with E-state index in [1.54, 1.807) is 0 Å². The zero-order valence-corrected chi connectivity index (χ0v) is 8.09. The van der Waals surface area contributed by atoms with Crippen LogP contribution in [0.4, 0.5) is 4.79 Å². The van der Waals surface area contributed by atoms with Crippen LogP contribution >= 0.6 is 0 Å². The fourth-order valence-corrected chi connectivity index (χ4v) is 0.805. The van der Waals surface area contributed by atoms with E-state index in [9.17, 15) is 4.79 Å². The number of hydrogen-bond donors (Lipinski definition) is 2. The van der Waals surface area contributed by atoms with Crippen LogP contribution in [-0.2, 0) is 6.54 Å². The molecule has 1 aromatic heterocycles. The number of aryl methyl sites for hydroxylation is 3. The van der Waals surface area contributed by atoms with E-state index < -0.39 is 0 Å². The van der Waals surface area contributed by atoms with E-state index in [0.717, 1.165) is 12.2 Å². The lowest BCUT2D eigenvalue weighted by Gasteiger charge is -1.89. The van der Waals surface area contributed by atoms with Gasteiger partial charge < -0.3 is 0 Å². The van der Waals surface area contributed by atoms with Gasteiger partial charge in [0.1, 0.15) is 0 Å². The minimum atomic E-state index is -0.0833. The Bertz CT molecular complexity index is 280. The molecule has 2 rings (SSSR count). The third-order valence-corrected chi connectivity index (χ3v) is 1.74. The van der Waals surface area contributed by atoms with Crippen molar-refractivity contribution in [3.63, 3.8) is 0 Å². The first kappa shape index (κ1) is 9.57. The highest BCUT2D eigenvalue weighted by molar-refractivity contribution is 5.85. The molecule has 0 spiro atoms. The molecule has 1 aliphatic rings. The fourth-order valence-electron chi connectivity index (χ4n) is 0.805. The molecule has 1 aliphatic heterocycles. The molecule has 0 aromatic carbocycles. The van der Waals surface area contributed by atoms with E-state index in [4.69, 9.17) is 0 Å². The Labute approximate surface area is 77.1 Å². The zero-order chi connectivity index (χ0) is 9.84. The van der Waals surface area contributed by atoms with E-state index in [2.05, 4.69) is 36.0 Å². The Morgan fingerprint density at radius 1 is 1.46 bits per heavy atom. The number of hydrogen-bond acceptors (Lipinski definition) is 2. The van der Waals surface area contributed by atoms with Crippen LogP contribution in [0, 0.1) is 13.8 Å². The second kappa shape index (κ2) is 3.93. The van der Waals surface area contributed by atoms with E-state index >= 15 is 0 Å². The van der Waals surface area contributed by atoms with Gasteiger partial charge in [-0.1, -0.05) is 0 Å². The van der Waals surface area contributed by atoms with Gasteiger partial charge in [-0.05, 0) is 26.3 Å². The Morgan fingerprint density at radius 3 is 2.15 bits per heavy atom. The number of rotatable bonds is 1. The van der Waals surface area contributed by atoms with Gasteiger partial charge >= 0.3 is 6.03 Å². The molecule has 5 nitrogen and oxygen atoms in total. The van der Waals surface area contributed by atoms with Gasteiger partial charge in [0.15, 0.2) is 0 Å². The number of nitrogens with one attached hydrogen (secondary N) is 2. The Hall–Kier alpha value is -1.52. The summed E-state index contributed by atoms with van der Waals surface area (Å²) in [4.78, 5) is 9.33. The quantitative estimate of drug-likeness (QED) is 0.628.